The number of nitrogens with one attached hydrogen (secondary N) is 1. The minimum Gasteiger partial charge on any atom is -0.493 e. The first-order valence-electron chi connectivity index (χ1n) is 5.92. The highest BCUT2D eigenvalue weighted by Crippen LogP contribution is 2.19. The van der Waals surface area contributed by atoms with Gasteiger partial charge in [-0.2, -0.15) is 0 Å². The third kappa shape index (κ3) is 2.43. The van der Waals surface area contributed by atoms with Gasteiger partial charge in [0.1, 0.15) is 5.75 Å². The Kier molecular flexibility index (Phi) is 3.36. The number of hydrogen-bond donors (Lipinski definition) is 1. The lowest BCUT2D eigenvalue weighted by Gasteiger charge is -2.16. The maximum Gasteiger partial charge on any atom is 0.210 e. The van der Waals surface area contributed by atoms with E-state index in [4.69, 9.17) is 4.74 Å². The molecule has 1 aromatic carbocycles. The summed E-state index contributed by atoms with van der Waals surface area (Å²) < 4.78 is 7.62. The standard InChI is InChI=1S/C12H14N4OS/c1-2-4-10(5-3-1)17-8-6-11-14-15-12-16(11)13-7-9-18-12/h1-5,13H,6-9H2. The summed E-state index contributed by atoms with van der Waals surface area (Å²) in [6.07, 6.45) is 0.745. The second-order valence-electron chi connectivity index (χ2n) is 3.90. The Morgan fingerprint density at radius 2 is 2.17 bits per heavy atom. The van der Waals surface area contributed by atoms with Gasteiger partial charge in [-0.05, 0) is 12.1 Å². The zero-order valence-electron chi connectivity index (χ0n) is 9.87. The van der Waals surface area contributed by atoms with Crippen molar-refractivity contribution in [3.8, 4) is 5.75 Å². The Balaban J connectivity index is 1.59. The van der Waals surface area contributed by atoms with Gasteiger partial charge < -0.3 is 10.2 Å². The van der Waals surface area contributed by atoms with Crippen LogP contribution in [-0.2, 0) is 6.42 Å². The second kappa shape index (κ2) is 5.30. The van der Waals surface area contributed by atoms with Gasteiger partial charge in [-0.15, -0.1) is 10.2 Å². The molecule has 0 amide bonds. The first-order chi connectivity index (χ1) is 8.93. The topological polar surface area (TPSA) is 52.0 Å². The molecule has 0 saturated carbocycles. The summed E-state index contributed by atoms with van der Waals surface area (Å²) in [5.41, 5.74) is 3.28. The predicted molar refractivity (Wildman–Crippen MR) is 70.6 cm³/mol. The Labute approximate surface area is 110 Å². The molecule has 0 unspecified atom stereocenters. The number of hydrogen-bond acceptors (Lipinski definition) is 5. The van der Waals surface area contributed by atoms with E-state index in [1.807, 2.05) is 35.0 Å². The predicted octanol–water partition coefficient (Wildman–Crippen LogP) is 1.55. The quantitative estimate of drug-likeness (QED) is 0.906. The van der Waals surface area contributed by atoms with Gasteiger partial charge in [0.2, 0.25) is 5.16 Å². The van der Waals surface area contributed by atoms with Crippen LogP contribution in [0.4, 0.5) is 0 Å². The molecule has 0 saturated heterocycles. The number of aromatic nitrogens is 3. The van der Waals surface area contributed by atoms with Crippen LogP contribution in [0.1, 0.15) is 5.82 Å². The molecule has 2 aromatic rings. The van der Waals surface area contributed by atoms with Crippen molar-refractivity contribution in [2.75, 3.05) is 24.3 Å². The number of nitrogens with zero attached hydrogens (tertiary/aromatic N) is 3. The van der Waals surface area contributed by atoms with E-state index in [-0.39, 0.29) is 0 Å². The van der Waals surface area contributed by atoms with Crippen molar-refractivity contribution >= 4 is 11.8 Å². The highest BCUT2D eigenvalue weighted by Gasteiger charge is 2.15. The maximum atomic E-state index is 5.65. The monoisotopic (exact) mass is 262 g/mol. The summed E-state index contributed by atoms with van der Waals surface area (Å²) in [6, 6.07) is 9.81. The lowest BCUT2D eigenvalue weighted by atomic mass is 10.3. The first kappa shape index (κ1) is 11.4. The van der Waals surface area contributed by atoms with Crippen LogP contribution in [-0.4, -0.2) is 33.8 Å². The molecular formula is C12H14N4OS. The van der Waals surface area contributed by atoms with Gasteiger partial charge in [-0.1, -0.05) is 30.0 Å². The zero-order valence-corrected chi connectivity index (χ0v) is 10.7. The van der Waals surface area contributed by atoms with E-state index in [1.54, 1.807) is 11.8 Å². The van der Waals surface area contributed by atoms with Gasteiger partial charge in [0.25, 0.3) is 0 Å². The smallest absolute Gasteiger partial charge is 0.210 e. The molecule has 3 rings (SSSR count). The molecule has 94 valence electrons. The molecule has 1 aromatic heterocycles. The Bertz CT molecular complexity index is 514. The molecule has 18 heavy (non-hydrogen) atoms. The van der Waals surface area contributed by atoms with Gasteiger partial charge >= 0.3 is 0 Å². The minimum absolute atomic E-state index is 0.606. The van der Waals surface area contributed by atoms with Crippen LogP contribution in [0.2, 0.25) is 0 Å². The van der Waals surface area contributed by atoms with Gasteiger partial charge in [-0.25, -0.2) is 4.68 Å². The number of ether oxygens (including phenoxy) is 1. The highest BCUT2D eigenvalue weighted by atomic mass is 32.2. The van der Waals surface area contributed by atoms with Gasteiger partial charge in [0.15, 0.2) is 5.82 Å². The van der Waals surface area contributed by atoms with Crippen LogP contribution in [0.3, 0.4) is 0 Å². The SMILES string of the molecule is c1ccc(OCCc2nnc3n2NCCS3)cc1. The molecule has 0 spiro atoms. The Hall–Kier alpha value is -1.69. The van der Waals surface area contributed by atoms with Crippen molar-refractivity contribution < 1.29 is 4.74 Å². The zero-order chi connectivity index (χ0) is 12.2. The molecule has 2 heterocycles. The van der Waals surface area contributed by atoms with Crippen LogP contribution in [0.25, 0.3) is 0 Å². The van der Waals surface area contributed by atoms with Crippen molar-refractivity contribution in [2.45, 2.75) is 11.6 Å². The van der Waals surface area contributed by atoms with Gasteiger partial charge in [0, 0.05) is 18.7 Å². The number of para-hydroxylation sites is 1. The Morgan fingerprint density at radius 1 is 1.28 bits per heavy atom. The second-order valence-corrected chi connectivity index (χ2v) is 4.96. The van der Waals surface area contributed by atoms with E-state index < -0.39 is 0 Å². The molecule has 5 nitrogen and oxygen atoms in total. The van der Waals surface area contributed by atoms with E-state index in [9.17, 15) is 0 Å². The van der Waals surface area contributed by atoms with Crippen LogP contribution in [0.15, 0.2) is 35.5 Å². The summed E-state index contributed by atoms with van der Waals surface area (Å²) in [4.78, 5) is 0. The largest absolute Gasteiger partial charge is 0.493 e. The van der Waals surface area contributed by atoms with Crippen molar-refractivity contribution in [1.82, 2.24) is 14.9 Å². The fourth-order valence-electron chi connectivity index (χ4n) is 1.79. The summed E-state index contributed by atoms with van der Waals surface area (Å²) >= 11 is 1.73. The highest BCUT2D eigenvalue weighted by molar-refractivity contribution is 7.99. The van der Waals surface area contributed by atoms with Crippen molar-refractivity contribution in [3.63, 3.8) is 0 Å². The number of rotatable bonds is 4. The van der Waals surface area contributed by atoms with Crippen molar-refractivity contribution in [1.29, 1.82) is 0 Å². The van der Waals surface area contributed by atoms with E-state index in [1.165, 1.54) is 0 Å². The normalized spacial score (nSPS) is 13.8. The third-order valence-electron chi connectivity index (χ3n) is 2.64. The van der Waals surface area contributed by atoms with Gasteiger partial charge in [-0.3, -0.25) is 0 Å². The van der Waals surface area contributed by atoms with E-state index in [0.29, 0.717) is 6.61 Å². The average Bonchev–Trinajstić information content (AvgIpc) is 2.84. The van der Waals surface area contributed by atoms with Crippen LogP contribution in [0.5, 0.6) is 5.75 Å². The molecule has 0 atom stereocenters. The van der Waals surface area contributed by atoms with Crippen LogP contribution >= 0.6 is 11.8 Å². The van der Waals surface area contributed by atoms with E-state index in [2.05, 4.69) is 15.6 Å². The summed E-state index contributed by atoms with van der Waals surface area (Å²) in [7, 11) is 0. The van der Waals surface area contributed by atoms with Crippen LogP contribution < -0.4 is 10.2 Å². The van der Waals surface area contributed by atoms with E-state index in [0.717, 1.165) is 35.4 Å². The lowest BCUT2D eigenvalue weighted by Crippen LogP contribution is -2.25. The van der Waals surface area contributed by atoms with Crippen molar-refractivity contribution in [2.24, 2.45) is 0 Å². The Morgan fingerprint density at radius 3 is 3.06 bits per heavy atom. The molecule has 1 aliphatic rings. The summed E-state index contributed by atoms with van der Waals surface area (Å²) in [6.45, 7) is 1.55. The number of thioether (sulfide) groups is 1. The molecule has 1 N–H and O–H groups in total. The molecule has 0 radical (unpaired) electrons. The average molecular weight is 262 g/mol. The minimum atomic E-state index is 0.606. The van der Waals surface area contributed by atoms with Crippen molar-refractivity contribution in [3.05, 3.63) is 36.2 Å². The summed E-state index contributed by atoms with van der Waals surface area (Å²) in [5.74, 6) is 2.85. The molecule has 6 heteroatoms. The molecule has 0 bridgehead atoms. The third-order valence-corrected chi connectivity index (χ3v) is 3.57. The molecule has 1 aliphatic heterocycles. The van der Waals surface area contributed by atoms with Crippen LogP contribution in [0, 0.1) is 0 Å². The van der Waals surface area contributed by atoms with Gasteiger partial charge in [0.05, 0.1) is 6.61 Å². The molecular weight excluding hydrogens is 248 g/mol. The fourth-order valence-corrected chi connectivity index (χ4v) is 2.56. The number of fused-ring (bicyclic) bond motifs is 1. The maximum absolute atomic E-state index is 5.65. The first-order valence-corrected chi connectivity index (χ1v) is 6.91. The summed E-state index contributed by atoms with van der Waals surface area (Å²) in [5, 5.41) is 9.26. The number of benzene rings is 1. The van der Waals surface area contributed by atoms with E-state index >= 15 is 0 Å². The fraction of sp³-hybridized carbons (Fsp3) is 0.333. The lowest BCUT2D eigenvalue weighted by molar-refractivity contribution is 0.317. The molecule has 0 aliphatic carbocycles. The molecule has 0 fully saturated rings.